The van der Waals surface area contributed by atoms with Crippen molar-refractivity contribution < 1.29 is 9.59 Å². The van der Waals surface area contributed by atoms with Gasteiger partial charge in [0.25, 0.3) is 5.91 Å². The molecule has 0 spiro atoms. The van der Waals surface area contributed by atoms with Crippen molar-refractivity contribution in [2.75, 3.05) is 31.1 Å². The summed E-state index contributed by atoms with van der Waals surface area (Å²) in [5.74, 6) is 0.673. The molecule has 3 amide bonds. The summed E-state index contributed by atoms with van der Waals surface area (Å²) in [7, 11) is 0. The zero-order valence-electron chi connectivity index (χ0n) is 20.9. The number of nitrogens with one attached hydrogen (secondary N) is 1. The maximum Gasteiger partial charge on any atom is 0.331 e. The van der Waals surface area contributed by atoms with Gasteiger partial charge in [0.1, 0.15) is 6.54 Å². The van der Waals surface area contributed by atoms with E-state index in [-0.39, 0.29) is 23.9 Å². The summed E-state index contributed by atoms with van der Waals surface area (Å²) in [4.78, 5) is 33.7. The molecule has 188 valence electrons. The average molecular weight is 504 g/mol. The van der Waals surface area contributed by atoms with E-state index in [0.29, 0.717) is 24.3 Å². The normalized spacial score (nSPS) is 17.4. The van der Waals surface area contributed by atoms with Crippen molar-refractivity contribution in [1.29, 1.82) is 5.26 Å². The van der Waals surface area contributed by atoms with Gasteiger partial charge in [0.05, 0.1) is 23.0 Å². The standard InChI is InChI=1S/C29H25N7O2/c1-29(16-31-17-29)18-36-26(37)15-35(28(36)38)23-6-7-24-22(10-23)14-33-13-21(20-4-2-19(12-30)3-5-20)11-25(33)27-32-8-9-34(24)27/h2-11,13,31H,14-18H2,1H3. The Labute approximate surface area is 219 Å². The van der Waals surface area contributed by atoms with E-state index in [9.17, 15) is 9.59 Å². The third-order valence-electron chi connectivity index (χ3n) is 7.79. The molecule has 1 N–H and O–H groups in total. The first kappa shape index (κ1) is 22.5. The van der Waals surface area contributed by atoms with Crippen LogP contribution in [0.2, 0.25) is 0 Å². The predicted molar refractivity (Wildman–Crippen MR) is 142 cm³/mol. The van der Waals surface area contributed by atoms with Crippen LogP contribution in [0, 0.1) is 16.7 Å². The number of benzene rings is 2. The molecule has 3 aliphatic rings. The van der Waals surface area contributed by atoms with Crippen molar-refractivity contribution >= 4 is 17.6 Å². The molecule has 9 heteroatoms. The van der Waals surface area contributed by atoms with Crippen LogP contribution in [0.5, 0.6) is 0 Å². The summed E-state index contributed by atoms with van der Waals surface area (Å²) in [6.07, 6.45) is 5.82. The molecular weight excluding hydrogens is 478 g/mol. The van der Waals surface area contributed by atoms with Crippen LogP contribution in [-0.4, -0.2) is 57.1 Å². The maximum absolute atomic E-state index is 13.3. The van der Waals surface area contributed by atoms with Crippen LogP contribution in [0.3, 0.4) is 0 Å². The number of aromatic nitrogens is 3. The number of nitriles is 1. The fraction of sp³-hybridized carbons (Fsp3) is 0.241. The lowest BCUT2D eigenvalue weighted by molar-refractivity contribution is -0.126. The van der Waals surface area contributed by atoms with Crippen LogP contribution < -0.4 is 10.2 Å². The quantitative estimate of drug-likeness (QED) is 0.378. The highest BCUT2D eigenvalue weighted by molar-refractivity contribution is 6.12. The number of rotatable bonds is 4. The van der Waals surface area contributed by atoms with Crippen LogP contribution in [0.15, 0.2) is 67.1 Å². The van der Waals surface area contributed by atoms with E-state index in [2.05, 4.69) is 44.7 Å². The van der Waals surface area contributed by atoms with Gasteiger partial charge in [-0.15, -0.1) is 0 Å². The highest BCUT2D eigenvalue weighted by atomic mass is 16.2. The number of carbonyl (C=O) groups is 2. The SMILES string of the molecule is CC1(CN2C(=O)CN(c3ccc4c(c3)Cn3cc(-c5ccc(C#N)cc5)cc3-c3nccn3-4)C2=O)CNC1. The van der Waals surface area contributed by atoms with E-state index in [4.69, 9.17) is 5.26 Å². The lowest BCUT2D eigenvalue weighted by Crippen LogP contribution is -2.58. The summed E-state index contributed by atoms with van der Waals surface area (Å²) < 4.78 is 4.23. The lowest BCUT2D eigenvalue weighted by atomic mass is 9.84. The number of carbonyl (C=O) groups excluding carboxylic acids is 2. The molecule has 0 bridgehead atoms. The van der Waals surface area contributed by atoms with E-state index >= 15 is 0 Å². The Morgan fingerprint density at radius 3 is 2.61 bits per heavy atom. The molecule has 2 fully saturated rings. The van der Waals surface area contributed by atoms with Gasteiger partial charge in [0.2, 0.25) is 0 Å². The second-order valence-electron chi connectivity index (χ2n) is 10.6. The maximum atomic E-state index is 13.3. The number of anilines is 1. The van der Waals surface area contributed by atoms with Gasteiger partial charge in [-0.25, -0.2) is 9.78 Å². The number of imidazole rings is 1. The molecule has 2 saturated heterocycles. The fourth-order valence-electron chi connectivity index (χ4n) is 5.64. The minimum atomic E-state index is -0.259. The molecule has 7 rings (SSSR count). The van der Waals surface area contributed by atoms with E-state index < -0.39 is 0 Å². The van der Waals surface area contributed by atoms with E-state index in [1.54, 1.807) is 11.1 Å². The summed E-state index contributed by atoms with van der Waals surface area (Å²) in [5.41, 5.74) is 6.33. The zero-order valence-corrected chi connectivity index (χ0v) is 20.9. The van der Waals surface area contributed by atoms with Gasteiger partial charge in [-0.05, 0) is 47.5 Å². The lowest BCUT2D eigenvalue weighted by Gasteiger charge is -2.41. The van der Waals surface area contributed by atoms with Crippen LogP contribution in [0.4, 0.5) is 10.5 Å². The molecule has 0 atom stereocenters. The molecule has 9 nitrogen and oxygen atoms in total. The van der Waals surface area contributed by atoms with Gasteiger partial charge in [0.15, 0.2) is 5.82 Å². The molecule has 2 aromatic heterocycles. The van der Waals surface area contributed by atoms with Gasteiger partial charge in [0, 0.05) is 61.4 Å². The van der Waals surface area contributed by atoms with Gasteiger partial charge in [-0.3, -0.25) is 19.2 Å². The van der Waals surface area contributed by atoms with Crippen LogP contribution in [-0.2, 0) is 11.3 Å². The third-order valence-corrected chi connectivity index (χ3v) is 7.79. The van der Waals surface area contributed by atoms with Crippen molar-refractivity contribution in [2.24, 2.45) is 5.41 Å². The van der Waals surface area contributed by atoms with Crippen molar-refractivity contribution in [3.8, 4) is 34.4 Å². The summed E-state index contributed by atoms with van der Waals surface area (Å²) in [6, 6.07) is 17.5. The van der Waals surface area contributed by atoms with Crippen molar-refractivity contribution in [2.45, 2.75) is 13.5 Å². The Hall–Kier alpha value is -4.68. The Bertz CT molecular complexity index is 1650. The van der Waals surface area contributed by atoms with Crippen LogP contribution in [0.25, 0.3) is 28.3 Å². The van der Waals surface area contributed by atoms with Crippen molar-refractivity contribution in [3.63, 3.8) is 0 Å². The molecule has 3 aliphatic heterocycles. The predicted octanol–water partition coefficient (Wildman–Crippen LogP) is 3.62. The largest absolute Gasteiger partial charge is 0.340 e. The number of imide groups is 1. The molecule has 0 radical (unpaired) electrons. The second kappa shape index (κ2) is 8.16. The Morgan fingerprint density at radius 1 is 1.05 bits per heavy atom. The number of nitrogens with zero attached hydrogens (tertiary/aromatic N) is 6. The van der Waals surface area contributed by atoms with Gasteiger partial charge in [-0.2, -0.15) is 5.26 Å². The minimum absolute atomic E-state index is 0.0507. The topological polar surface area (TPSA) is 99.2 Å². The monoisotopic (exact) mass is 503 g/mol. The van der Waals surface area contributed by atoms with Gasteiger partial charge < -0.3 is 9.88 Å². The average Bonchev–Trinajstić information content (AvgIpc) is 3.60. The Balaban J connectivity index is 1.24. The van der Waals surface area contributed by atoms with Gasteiger partial charge >= 0.3 is 6.03 Å². The Morgan fingerprint density at radius 2 is 1.87 bits per heavy atom. The molecule has 4 aromatic rings. The smallest absolute Gasteiger partial charge is 0.331 e. The first-order chi connectivity index (χ1) is 18.4. The number of urea groups is 1. The number of hydrogen-bond donors (Lipinski definition) is 1. The third kappa shape index (κ3) is 3.45. The van der Waals surface area contributed by atoms with E-state index in [0.717, 1.165) is 47.0 Å². The first-order valence-electron chi connectivity index (χ1n) is 12.6. The number of hydrogen-bond acceptors (Lipinski definition) is 5. The molecule has 38 heavy (non-hydrogen) atoms. The van der Waals surface area contributed by atoms with Crippen molar-refractivity contribution in [3.05, 3.63) is 78.2 Å². The zero-order chi connectivity index (χ0) is 26.0. The van der Waals surface area contributed by atoms with Crippen LogP contribution >= 0.6 is 0 Å². The fourth-order valence-corrected chi connectivity index (χ4v) is 5.64. The highest BCUT2D eigenvalue weighted by Crippen LogP contribution is 2.36. The molecular formula is C29H25N7O2. The second-order valence-corrected chi connectivity index (χ2v) is 10.6. The molecule has 2 aromatic carbocycles. The summed E-state index contributed by atoms with van der Waals surface area (Å²) in [6.45, 7) is 4.78. The minimum Gasteiger partial charge on any atom is -0.340 e. The molecule has 0 unspecified atom stereocenters. The molecule has 0 aliphatic carbocycles. The van der Waals surface area contributed by atoms with E-state index in [1.807, 2.05) is 48.7 Å². The molecule has 5 heterocycles. The van der Waals surface area contributed by atoms with Crippen LogP contribution in [0.1, 0.15) is 18.1 Å². The number of amides is 3. The van der Waals surface area contributed by atoms with Crippen molar-refractivity contribution in [1.82, 2.24) is 24.3 Å². The van der Waals surface area contributed by atoms with Gasteiger partial charge in [-0.1, -0.05) is 19.1 Å². The Kier molecular flexibility index (Phi) is 4.84. The first-order valence-corrected chi connectivity index (χ1v) is 12.6. The summed E-state index contributed by atoms with van der Waals surface area (Å²) >= 11 is 0. The number of fused-ring (bicyclic) bond motifs is 5. The highest BCUT2D eigenvalue weighted by Gasteiger charge is 2.43. The molecule has 0 saturated carbocycles. The van der Waals surface area contributed by atoms with E-state index in [1.165, 1.54) is 4.90 Å². The summed E-state index contributed by atoms with van der Waals surface area (Å²) in [5, 5.41) is 12.4.